The van der Waals surface area contributed by atoms with Crippen LogP contribution in [0.15, 0.2) is 0 Å². The lowest BCUT2D eigenvalue weighted by Gasteiger charge is -2.09. The molecule has 0 rings (SSSR count). The van der Waals surface area contributed by atoms with Gasteiger partial charge >= 0.3 is 5.97 Å². The zero-order chi connectivity index (χ0) is 10.4. The number of ether oxygens (including phenoxy) is 1. The molecule has 0 fully saturated rings. The number of carbonyl (C=O) groups excluding carboxylic acids is 2. The first-order valence-electron chi connectivity index (χ1n) is 4.08. The Bertz CT molecular complexity index is 192. The van der Waals surface area contributed by atoms with E-state index >= 15 is 0 Å². The second-order valence-corrected chi connectivity index (χ2v) is 3.71. The van der Waals surface area contributed by atoms with Gasteiger partial charge in [-0.25, -0.2) is 0 Å². The van der Waals surface area contributed by atoms with E-state index in [4.69, 9.17) is 4.74 Å². The first-order valence-corrected chi connectivity index (χ1v) is 4.60. The molecule has 1 atom stereocenters. The van der Waals surface area contributed by atoms with Gasteiger partial charge in [0.2, 0.25) is 5.91 Å². The molecule has 1 N–H and O–H groups in total. The molecule has 0 heterocycles. The number of thiol groups is 1. The average Bonchev–Trinajstić information content (AvgIpc) is 1.98. The van der Waals surface area contributed by atoms with Crippen LogP contribution in [0.3, 0.4) is 0 Å². The number of rotatable bonds is 4. The third-order valence-corrected chi connectivity index (χ3v) is 1.39. The number of amides is 1. The highest BCUT2D eigenvalue weighted by Crippen LogP contribution is 1.92. The lowest BCUT2D eigenvalue weighted by molar-refractivity contribution is -0.147. The summed E-state index contributed by atoms with van der Waals surface area (Å²) in [7, 11) is 0. The molecule has 0 aliphatic heterocycles. The predicted octanol–water partition coefficient (Wildman–Crippen LogP) is 0.372. The predicted molar refractivity (Wildman–Crippen MR) is 52.7 cm³/mol. The van der Waals surface area contributed by atoms with Gasteiger partial charge in [0.15, 0.2) is 0 Å². The van der Waals surface area contributed by atoms with Gasteiger partial charge in [0.05, 0.1) is 11.4 Å². The summed E-state index contributed by atoms with van der Waals surface area (Å²) in [5, 5.41) is 1.99. The van der Waals surface area contributed by atoms with Gasteiger partial charge in [-0.2, -0.15) is 12.6 Å². The second-order valence-electron chi connectivity index (χ2n) is 2.93. The van der Waals surface area contributed by atoms with E-state index in [1.807, 2.05) is 0 Å². The molecule has 0 aromatic rings. The van der Waals surface area contributed by atoms with E-state index in [-0.39, 0.29) is 18.6 Å². The van der Waals surface area contributed by atoms with E-state index in [0.717, 1.165) is 0 Å². The summed E-state index contributed by atoms with van der Waals surface area (Å²) in [6.07, 6.45) is -0.155. The fourth-order valence-electron chi connectivity index (χ4n) is 0.612. The minimum absolute atomic E-state index is 0.0953. The Morgan fingerprint density at radius 1 is 1.38 bits per heavy atom. The van der Waals surface area contributed by atoms with E-state index in [1.165, 1.54) is 0 Å². The highest BCUT2D eigenvalue weighted by molar-refractivity contribution is 7.81. The summed E-state index contributed by atoms with van der Waals surface area (Å²) < 4.78 is 4.80. The van der Waals surface area contributed by atoms with Crippen molar-refractivity contribution < 1.29 is 14.3 Å². The molecule has 76 valence electrons. The molecule has 4 nitrogen and oxygen atoms in total. The van der Waals surface area contributed by atoms with Gasteiger partial charge in [-0.1, -0.05) is 0 Å². The van der Waals surface area contributed by atoms with Crippen LogP contribution in [0.2, 0.25) is 0 Å². The zero-order valence-corrected chi connectivity index (χ0v) is 8.93. The minimum Gasteiger partial charge on any atom is -0.462 e. The summed E-state index contributed by atoms with van der Waals surface area (Å²) in [5.41, 5.74) is 0. The maximum absolute atomic E-state index is 10.9. The Labute approximate surface area is 83.4 Å². The van der Waals surface area contributed by atoms with Gasteiger partial charge in [0, 0.05) is 0 Å². The third-order valence-electron chi connectivity index (χ3n) is 1.15. The van der Waals surface area contributed by atoms with Crippen LogP contribution >= 0.6 is 12.6 Å². The number of hydrogen-bond donors (Lipinski definition) is 2. The van der Waals surface area contributed by atoms with Crippen molar-refractivity contribution in [1.29, 1.82) is 0 Å². The topological polar surface area (TPSA) is 55.4 Å². The molecule has 0 aliphatic carbocycles. The molecule has 5 heteroatoms. The molecule has 0 spiro atoms. The normalized spacial score (nSPS) is 12.4. The number of esters is 1. The molecule has 1 amide bonds. The Balaban J connectivity index is 3.64. The molecule has 13 heavy (non-hydrogen) atoms. The van der Waals surface area contributed by atoms with E-state index in [9.17, 15) is 9.59 Å². The van der Waals surface area contributed by atoms with Crippen molar-refractivity contribution in [2.75, 3.05) is 6.54 Å². The molecular weight excluding hydrogens is 190 g/mol. The van der Waals surface area contributed by atoms with Crippen molar-refractivity contribution in [3.63, 3.8) is 0 Å². The van der Waals surface area contributed by atoms with Crippen molar-refractivity contribution in [3.8, 4) is 0 Å². The maximum atomic E-state index is 10.9. The molecular formula is C8H15NO3S. The zero-order valence-electron chi connectivity index (χ0n) is 8.03. The van der Waals surface area contributed by atoms with Crippen LogP contribution < -0.4 is 5.32 Å². The largest absolute Gasteiger partial charge is 0.462 e. The van der Waals surface area contributed by atoms with Crippen LogP contribution in [-0.4, -0.2) is 29.8 Å². The molecule has 1 unspecified atom stereocenters. The lowest BCUT2D eigenvalue weighted by atomic mass is 10.4. The first kappa shape index (κ1) is 12.3. The lowest BCUT2D eigenvalue weighted by Crippen LogP contribution is -2.35. The van der Waals surface area contributed by atoms with Gasteiger partial charge in [-0.15, -0.1) is 0 Å². The standard InChI is InChI=1S/C8H15NO3S/c1-5(2)12-7(10)4-9-8(11)6(3)13/h5-6,13H,4H2,1-3H3,(H,9,11). The van der Waals surface area contributed by atoms with E-state index in [2.05, 4.69) is 17.9 Å². The highest BCUT2D eigenvalue weighted by atomic mass is 32.1. The van der Waals surface area contributed by atoms with Crippen molar-refractivity contribution in [2.24, 2.45) is 0 Å². The summed E-state index contributed by atoms with van der Waals surface area (Å²) in [5.74, 6) is -0.707. The highest BCUT2D eigenvalue weighted by Gasteiger charge is 2.10. The van der Waals surface area contributed by atoms with Crippen molar-refractivity contribution >= 4 is 24.5 Å². The van der Waals surface area contributed by atoms with Gasteiger partial charge in [0.25, 0.3) is 0 Å². The average molecular weight is 205 g/mol. The molecule has 0 bridgehead atoms. The van der Waals surface area contributed by atoms with E-state index in [0.29, 0.717) is 0 Å². The van der Waals surface area contributed by atoms with Gasteiger partial charge in [0.1, 0.15) is 6.54 Å². The van der Waals surface area contributed by atoms with Crippen molar-refractivity contribution in [3.05, 3.63) is 0 Å². The molecule has 0 radical (unpaired) electrons. The second kappa shape index (κ2) is 5.85. The molecule has 0 saturated carbocycles. The summed E-state index contributed by atoms with van der Waals surface area (Å²) in [4.78, 5) is 21.9. The fourth-order valence-corrected chi connectivity index (χ4v) is 0.703. The monoisotopic (exact) mass is 205 g/mol. The molecule has 0 aliphatic rings. The Hall–Kier alpha value is -0.710. The van der Waals surface area contributed by atoms with Crippen LogP contribution in [0.5, 0.6) is 0 Å². The smallest absolute Gasteiger partial charge is 0.325 e. The van der Waals surface area contributed by atoms with Crippen molar-refractivity contribution in [2.45, 2.75) is 32.1 Å². The molecule has 0 saturated heterocycles. The Morgan fingerprint density at radius 2 is 1.92 bits per heavy atom. The minimum atomic E-state index is -0.433. The molecule has 0 aromatic carbocycles. The molecule has 0 aromatic heterocycles. The van der Waals surface area contributed by atoms with E-state index in [1.54, 1.807) is 20.8 Å². The Morgan fingerprint density at radius 3 is 2.31 bits per heavy atom. The quantitative estimate of drug-likeness (QED) is 0.515. The van der Waals surface area contributed by atoms with Crippen molar-refractivity contribution in [1.82, 2.24) is 5.32 Å². The SMILES string of the molecule is CC(C)OC(=O)CNC(=O)C(C)S. The van der Waals surface area contributed by atoms with E-state index < -0.39 is 11.2 Å². The van der Waals surface area contributed by atoms with Gasteiger partial charge < -0.3 is 10.1 Å². The number of hydrogen-bond acceptors (Lipinski definition) is 4. The van der Waals surface area contributed by atoms with Gasteiger partial charge in [-0.3, -0.25) is 9.59 Å². The van der Waals surface area contributed by atoms with Crippen LogP contribution in [0, 0.1) is 0 Å². The number of carbonyl (C=O) groups is 2. The van der Waals surface area contributed by atoms with Crippen LogP contribution in [0.25, 0.3) is 0 Å². The number of nitrogens with one attached hydrogen (secondary N) is 1. The van der Waals surface area contributed by atoms with Crippen LogP contribution in [0.1, 0.15) is 20.8 Å². The van der Waals surface area contributed by atoms with Crippen LogP contribution in [0.4, 0.5) is 0 Å². The summed E-state index contributed by atoms with van der Waals surface area (Å²) >= 11 is 3.90. The fraction of sp³-hybridized carbons (Fsp3) is 0.750. The summed E-state index contributed by atoms with van der Waals surface area (Å²) in [6.45, 7) is 5.04. The van der Waals surface area contributed by atoms with Gasteiger partial charge in [-0.05, 0) is 20.8 Å². The first-order chi connectivity index (χ1) is 5.93. The maximum Gasteiger partial charge on any atom is 0.325 e. The summed E-state index contributed by atoms with van der Waals surface area (Å²) in [6, 6.07) is 0. The van der Waals surface area contributed by atoms with Crippen LogP contribution in [-0.2, 0) is 14.3 Å². The Kier molecular flexibility index (Phi) is 5.53. The third kappa shape index (κ3) is 6.45.